The molecule has 0 aromatic heterocycles. The molecular formula is C16H25FN2O. The minimum atomic E-state index is -0.154. The van der Waals surface area contributed by atoms with Gasteiger partial charge in [0.25, 0.3) is 0 Å². The van der Waals surface area contributed by atoms with Crippen LogP contribution >= 0.6 is 0 Å². The molecule has 1 aromatic carbocycles. The summed E-state index contributed by atoms with van der Waals surface area (Å²) in [5.74, 6) is -0.154. The average Bonchev–Trinajstić information content (AvgIpc) is 2.46. The molecule has 20 heavy (non-hydrogen) atoms. The molecule has 112 valence electrons. The van der Waals surface area contributed by atoms with Crippen LogP contribution in [0.25, 0.3) is 0 Å². The number of hydrogen-bond donors (Lipinski definition) is 1. The maximum atomic E-state index is 14.0. The molecule has 1 fully saturated rings. The van der Waals surface area contributed by atoms with Crippen LogP contribution in [-0.4, -0.2) is 36.7 Å². The van der Waals surface area contributed by atoms with Crippen LogP contribution < -0.4 is 5.73 Å². The first kappa shape index (κ1) is 15.4. The maximum absolute atomic E-state index is 14.0. The molecule has 1 saturated heterocycles. The van der Waals surface area contributed by atoms with Gasteiger partial charge in [-0.2, -0.15) is 0 Å². The van der Waals surface area contributed by atoms with Gasteiger partial charge in [0, 0.05) is 30.3 Å². The van der Waals surface area contributed by atoms with Crippen LogP contribution in [0.4, 0.5) is 4.39 Å². The van der Waals surface area contributed by atoms with E-state index in [0.29, 0.717) is 13.2 Å². The van der Waals surface area contributed by atoms with Crippen molar-refractivity contribution >= 4 is 0 Å². The Morgan fingerprint density at radius 3 is 2.80 bits per heavy atom. The number of hydrogen-bond acceptors (Lipinski definition) is 3. The van der Waals surface area contributed by atoms with E-state index in [9.17, 15) is 4.39 Å². The largest absolute Gasteiger partial charge is 0.378 e. The van der Waals surface area contributed by atoms with Gasteiger partial charge in [-0.05, 0) is 39.8 Å². The van der Waals surface area contributed by atoms with E-state index in [4.69, 9.17) is 10.5 Å². The Bertz CT molecular complexity index is 454. The first-order valence-corrected chi connectivity index (χ1v) is 7.29. The number of ether oxygens (including phenoxy) is 1. The topological polar surface area (TPSA) is 38.5 Å². The summed E-state index contributed by atoms with van der Waals surface area (Å²) in [4.78, 5) is 2.23. The van der Waals surface area contributed by atoms with Crippen molar-refractivity contribution < 1.29 is 9.13 Å². The molecule has 3 nitrogen and oxygen atoms in total. The normalized spacial score (nSPS) is 28.6. The van der Waals surface area contributed by atoms with Crippen molar-refractivity contribution in [2.75, 3.05) is 20.2 Å². The number of rotatable bonds is 4. The Morgan fingerprint density at radius 1 is 1.50 bits per heavy atom. The molecular weight excluding hydrogens is 255 g/mol. The monoisotopic (exact) mass is 280 g/mol. The van der Waals surface area contributed by atoms with Crippen LogP contribution in [0.1, 0.15) is 38.3 Å². The zero-order chi connectivity index (χ0) is 14.8. The second-order valence-electron chi connectivity index (χ2n) is 5.87. The van der Waals surface area contributed by atoms with Gasteiger partial charge >= 0.3 is 0 Å². The van der Waals surface area contributed by atoms with E-state index in [1.54, 1.807) is 6.07 Å². The van der Waals surface area contributed by atoms with E-state index in [1.807, 2.05) is 26.1 Å². The molecule has 0 radical (unpaired) electrons. The fourth-order valence-corrected chi connectivity index (χ4v) is 3.23. The first-order valence-electron chi connectivity index (χ1n) is 7.29. The lowest BCUT2D eigenvalue weighted by Gasteiger charge is -2.48. The lowest BCUT2D eigenvalue weighted by Crippen LogP contribution is -2.57. The maximum Gasteiger partial charge on any atom is 0.127 e. The van der Waals surface area contributed by atoms with E-state index in [1.165, 1.54) is 6.07 Å². The van der Waals surface area contributed by atoms with Crippen molar-refractivity contribution in [3.05, 3.63) is 35.6 Å². The smallest absolute Gasteiger partial charge is 0.127 e. The van der Waals surface area contributed by atoms with Gasteiger partial charge in [0.1, 0.15) is 5.82 Å². The Balaban J connectivity index is 2.24. The summed E-state index contributed by atoms with van der Waals surface area (Å²) >= 11 is 0. The molecule has 0 spiro atoms. The third kappa shape index (κ3) is 2.87. The fraction of sp³-hybridized carbons (Fsp3) is 0.625. The van der Waals surface area contributed by atoms with Crippen molar-refractivity contribution in [2.24, 2.45) is 5.73 Å². The third-order valence-electron chi connectivity index (χ3n) is 4.70. The molecule has 0 amide bonds. The van der Waals surface area contributed by atoms with Gasteiger partial charge in [0.15, 0.2) is 0 Å². The van der Waals surface area contributed by atoms with Crippen LogP contribution in [0.5, 0.6) is 0 Å². The number of nitrogens with zero attached hydrogens (tertiary/aromatic N) is 1. The number of benzene rings is 1. The van der Waals surface area contributed by atoms with Gasteiger partial charge in [-0.3, -0.25) is 4.90 Å². The summed E-state index contributed by atoms with van der Waals surface area (Å²) in [6, 6.07) is 6.96. The van der Waals surface area contributed by atoms with Crippen LogP contribution in [0, 0.1) is 5.82 Å². The second-order valence-corrected chi connectivity index (χ2v) is 5.87. The summed E-state index contributed by atoms with van der Waals surface area (Å²) in [5, 5.41) is 0. The molecule has 2 N–H and O–H groups in total. The predicted octanol–water partition coefficient (Wildman–Crippen LogP) is 2.71. The van der Waals surface area contributed by atoms with Crippen LogP contribution in [0.2, 0.25) is 0 Å². The minimum absolute atomic E-state index is 0.00921. The van der Waals surface area contributed by atoms with Gasteiger partial charge in [-0.1, -0.05) is 18.2 Å². The number of likely N-dealkylation sites (N-methyl/N-ethyl adjacent to an activating group) is 1. The lowest BCUT2D eigenvalue weighted by molar-refractivity contribution is -0.0669. The highest BCUT2D eigenvalue weighted by Crippen LogP contribution is 2.35. The van der Waals surface area contributed by atoms with E-state index < -0.39 is 0 Å². The van der Waals surface area contributed by atoms with Crippen molar-refractivity contribution in [3.8, 4) is 0 Å². The molecule has 2 rings (SSSR count). The van der Waals surface area contributed by atoms with E-state index in [2.05, 4.69) is 11.8 Å². The van der Waals surface area contributed by atoms with E-state index in [0.717, 1.165) is 18.4 Å². The lowest BCUT2D eigenvalue weighted by atomic mass is 9.84. The Hall–Kier alpha value is -0.970. The molecule has 0 aliphatic carbocycles. The fourth-order valence-electron chi connectivity index (χ4n) is 3.23. The molecule has 3 atom stereocenters. The molecule has 4 heteroatoms. The van der Waals surface area contributed by atoms with Gasteiger partial charge in [-0.15, -0.1) is 0 Å². The van der Waals surface area contributed by atoms with Gasteiger partial charge in [0.2, 0.25) is 0 Å². The first-order chi connectivity index (χ1) is 9.50. The van der Waals surface area contributed by atoms with E-state index >= 15 is 0 Å². The number of nitrogens with two attached hydrogens (primary N) is 1. The Kier molecular flexibility index (Phi) is 4.78. The summed E-state index contributed by atoms with van der Waals surface area (Å²) in [6.07, 6.45) is 1.98. The highest BCUT2D eigenvalue weighted by Gasteiger charge is 2.40. The minimum Gasteiger partial charge on any atom is -0.378 e. The standard InChI is InChI=1S/C16H25FN2O/c1-12-10-16(11-18,8-9-20-12)19(3)13(2)14-6-4-5-7-15(14)17/h4-7,12-13H,8-11,18H2,1-3H3. The van der Waals surface area contributed by atoms with Crippen molar-refractivity contribution in [1.82, 2.24) is 4.90 Å². The van der Waals surface area contributed by atoms with Crippen molar-refractivity contribution in [1.29, 1.82) is 0 Å². The molecule has 1 aliphatic rings. The summed E-state index contributed by atoms with van der Waals surface area (Å²) in [7, 11) is 2.04. The summed E-state index contributed by atoms with van der Waals surface area (Å²) in [5.41, 5.74) is 6.68. The molecule has 1 aromatic rings. The Labute approximate surface area is 120 Å². The Morgan fingerprint density at radius 2 is 2.20 bits per heavy atom. The van der Waals surface area contributed by atoms with Gasteiger partial charge in [-0.25, -0.2) is 4.39 Å². The predicted molar refractivity (Wildman–Crippen MR) is 79.0 cm³/mol. The van der Waals surface area contributed by atoms with Gasteiger partial charge in [0.05, 0.1) is 6.10 Å². The van der Waals surface area contributed by atoms with Crippen LogP contribution in [0.3, 0.4) is 0 Å². The second kappa shape index (κ2) is 6.20. The molecule has 0 bridgehead atoms. The zero-order valence-electron chi connectivity index (χ0n) is 12.6. The van der Waals surface area contributed by atoms with Gasteiger partial charge < -0.3 is 10.5 Å². The zero-order valence-corrected chi connectivity index (χ0v) is 12.6. The molecule has 3 unspecified atom stereocenters. The highest BCUT2D eigenvalue weighted by molar-refractivity contribution is 5.21. The summed E-state index contributed by atoms with van der Waals surface area (Å²) in [6.45, 7) is 5.39. The van der Waals surface area contributed by atoms with Crippen LogP contribution in [-0.2, 0) is 4.74 Å². The third-order valence-corrected chi connectivity index (χ3v) is 4.70. The van der Waals surface area contributed by atoms with Crippen molar-refractivity contribution in [2.45, 2.75) is 44.4 Å². The quantitative estimate of drug-likeness (QED) is 0.921. The number of halogens is 1. The van der Waals surface area contributed by atoms with E-state index in [-0.39, 0.29) is 23.5 Å². The molecule has 1 heterocycles. The average molecular weight is 280 g/mol. The molecule has 1 aliphatic heterocycles. The van der Waals surface area contributed by atoms with Crippen molar-refractivity contribution in [3.63, 3.8) is 0 Å². The SMILES string of the molecule is CC1CC(CN)(N(C)C(C)c2ccccc2F)CCO1. The highest BCUT2D eigenvalue weighted by atomic mass is 19.1. The van der Waals surface area contributed by atoms with Crippen LogP contribution in [0.15, 0.2) is 24.3 Å². The molecule has 0 saturated carbocycles. The summed E-state index contributed by atoms with van der Waals surface area (Å²) < 4.78 is 19.6.